The summed E-state index contributed by atoms with van der Waals surface area (Å²) >= 11 is 1.74. The molecule has 2 aromatic rings. The van der Waals surface area contributed by atoms with Crippen LogP contribution in [-0.4, -0.2) is 57.5 Å². The number of sulfonamides is 1. The number of hydrogen-bond donors (Lipinski definition) is 2. The van der Waals surface area contributed by atoms with Gasteiger partial charge in [0.2, 0.25) is 10.0 Å². The van der Waals surface area contributed by atoms with Crippen LogP contribution in [0.15, 0.2) is 51.9 Å². The average molecular weight is 396 g/mol. The summed E-state index contributed by atoms with van der Waals surface area (Å²) in [7, 11) is -1.56. The molecule has 26 heavy (non-hydrogen) atoms. The molecule has 0 radical (unpaired) electrons. The minimum atomic E-state index is -3.54. The van der Waals surface area contributed by atoms with Crippen LogP contribution in [0.3, 0.4) is 0 Å². The SMILES string of the molecule is CCNC(=NCCNS(=O)(=O)c1cccnc1)N(C)CCc1cccs1. The molecular weight excluding hydrogens is 370 g/mol. The Hall–Kier alpha value is -1.97. The molecule has 0 saturated heterocycles. The number of aromatic nitrogens is 1. The molecule has 0 aliphatic heterocycles. The maximum atomic E-state index is 12.1. The molecule has 0 spiro atoms. The fourth-order valence-electron chi connectivity index (χ4n) is 2.24. The van der Waals surface area contributed by atoms with Gasteiger partial charge in [0.15, 0.2) is 5.96 Å². The molecule has 2 heterocycles. The highest BCUT2D eigenvalue weighted by Gasteiger charge is 2.13. The van der Waals surface area contributed by atoms with E-state index < -0.39 is 10.0 Å². The van der Waals surface area contributed by atoms with Crippen LogP contribution in [0.5, 0.6) is 0 Å². The van der Waals surface area contributed by atoms with E-state index in [-0.39, 0.29) is 11.4 Å². The Morgan fingerprint density at radius 2 is 2.19 bits per heavy atom. The normalized spacial score (nSPS) is 12.2. The molecule has 2 rings (SSSR count). The van der Waals surface area contributed by atoms with E-state index in [0.717, 1.165) is 25.5 Å². The molecule has 0 atom stereocenters. The van der Waals surface area contributed by atoms with Crippen LogP contribution < -0.4 is 10.0 Å². The van der Waals surface area contributed by atoms with Gasteiger partial charge in [-0.25, -0.2) is 13.1 Å². The lowest BCUT2D eigenvalue weighted by molar-refractivity contribution is 0.486. The van der Waals surface area contributed by atoms with Crippen molar-refractivity contribution < 1.29 is 8.42 Å². The van der Waals surface area contributed by atoms with Crippen LogP contribution >= 0.6 is 11.3 Å². The number of rotatable bonds is 9. The molecule has 142 valence electrons. The molecule has 0 unspecified atom stereocenters. The number of nitrogens with zero attached hydrogens (tertiary/aromatic N) is 3. The van der Waals surface area contributed by atoms with Crippen LogP contribution in [0.4, 0.5) is 0 Å². The fraction of sp³-hybridized carbons (Fsp3) is 0.412. The molecule has 2 aromatic heterocycles. The quantitative estimate of drug-likeness (QED) is 0.382. The summed E-state index contributed by atoms with van der Waals surface area (Å²) < 4.78 is 26.8. The lowest BCUT2D eigenvalue weighted by Gasteiger charge is -2.21. The largest absolute Gasteiger partial charge is 0.357 e. The minimum absolute atomic E-state index is 0.156. The maximum Gasteiger partial charge on any atom is 0.242 e. The molecular formula is C17H25N5O2S2. The molecule has 0 saturated carbocycles. The first kappa shape index (κ1) is 20.3. The van der Waals surface area contributed by atoms with Gasteiger partial charge in [0.1, 0.15) is 4.90 Å². The van der Waals surface area contributed by atoms with Gasteiger partial charge in [0.05, 0.1) is 6.54 Å². The second-order valence-electron chi connectivity index (χ2n) is 5.57. The third kappa shape index (κ3) is 6.40. The van der Waals surface area contributed by atoms with Crippen LogP contribution in [-0.2, 0) is 16.4 Å². The van der Waals surface area contributed by atoms with Gasteiger partial charge in [-0.1, -0.05) is 6.07 Å². The van der Waals surface area contributed by atoms with Crippen LogP contribution in [0.1, 0.15) is 11.8 Å². The Kier molecular flexibility index (Phi) is 8.02. The van der Waals surface area contributed by atoms with Crippen LogP contribution in [0.2, 0.25) is 0 Å². The number of guanidine groups is 1. The molecule has 0 fully saturated rings. The monoisotopic (exact) mass is 395 g/mol. The van der Waals surface area contributed by atoms with E-state index in [1.54, 1.807) is 17.4 Å². The van der Waals surface area contributed by atoms with E-state index in [4.69, 9.17) is 0 Å². The summed E-state index contributed by atoms with van der Waals surface area (Å²) in [5.74, 6) is 0.768. The van der Waals surface area contributed by atoms with E-state index in [1.165, 1.54) is 23.3 Å². The highest BCUT2D eigenvalue weighted by atomic mass is 32.2. The summed E-state index contributed by atoms with van der Waals surface area (Å²) in [6, 6.07) is 7.28. The summed E-state index contributed by atoms with van der Waals surface area (Å²) in [4.78, 5) is 11.9. The predicted molar refractivity (Wildman–Crippen MR) is 106 cm³/mol. The van der Waals surface area contributed by atoms with Gasteiger partial charge < -0.3 is 10.2 Å². The fourth-order valence-corrected chi connectivity index (χ4v) is 3.92. The molecule has 0 amide bonds. The minimum Gasteiger partial charge on any atom is -0.357 e. The van der Waals surface area contributed by atoms with Crippen LogP contribution in [0.25, 0.3) is 0 Å². The zero-order chi connectivity index (χ0) is 18.8. The van der Waals surface area contributed by atoms with Gasteiger partial charge in [-0.15, -0.1) is 11.3 Å². The summed E-state index contributed by atoms with van der Waals surface area (Å²) in [5.41, 5.74) is 0. The number of likely N-dealkylation sites (N-methyl/N-ethyl adjacent to an activating group) is 1. The Balaban J connectivity index is 1.86. The number of pyridine rings is 1. The second-order valence-corrected chi connectivity index (χ2v) is 8.37. The lowest BCUT2D eigenvalue weighted by Crippen LogP contribution is -2.40. The first-order chi connectivity index (χ1) is 12.5. The van der Waals surface area contributed by atoms with E-state index >= 15 is 0 Å². The highest BCUT2D eigenvalue weighted by molar-refractivity contribution is 7.89. The highest BCUT2D eigenvalue weighted by Crippen LogP contribution is 2.09. The maximum absolute atomic E-state index is 12.1. The van der Waals surface area contributed by atoms with Crippen molar-refractivity contribution in [3.63, 3.8) is 0 Å². The Morgan fingerprint density at radius 1 is 1.35 bits per heavy atom. The predicted octanol–water partition coefficient (Wildman–Crippen LogP) is 1.56. The lowest BCUT2D eigenvalue weighted by atomic mass is 10.3. The first-order valence-electron chi connectivity index (χ1n) is 8.44. The number of thiophene rings is 1. The standard InChI is InChI=1S/C17H25N5O2S2/c1-3-19-17(22(2)12-8-15-6-5-13-25-15)20-10-11-21-26(23,24)16-7-4-9-18-14-16/h4-7,9,13-14,21H,3,8,10-12H2,1-2H3,(H,19,20). The molecule has 2 N–H and O–H groups in total. The van der Waals surface area contributed by atoms with Gasteiger partial charge in [-0.2, -0.15) is 0 Å². The van der Waals surface area contributed by atoms with Gasteiger partial charge in [0.25, 0.3) is 0 Å². The Bertz CT molecular complexity index is 777. The molecule has 0 bridgehead atoms. The van der Waals surface area contributed by atoms with Gasteiger partial charge >= 0.3 is 0 Å². The molecule has 7 nitrogen and oxygen atoms in total. The smallest absolute Gasteiger partial charge is 0.242 e. The van der Waals surface area contributed by atoms with Crippen molar-refractivity contribution in [1.82, 2.24) is 19.9 Å². The summed E-state index contributed by atoms with van der Waals surface area (Å²) in [6.07, 6.45) is 3.82. The van der Waals surface area contributed by atoms with Gasteiger partial charge in [-0.05, 0) is 36.9 Å². The molecule has 9 heteroatoms. The molecule has 0 aliphatic carbocycles. The van der Waals surface area contributed by atoms with E-state index in [0.29, 0.717) is 6.54 Å². The van der Waals surface area contributed by atoms with Crippen molar-refractivity contribution >= 4 is 27.3 Å². The number of hydrogen-bond acceptors (Lipinski definition) is 5. The molecule has 0 aromatic carbocycles. The summed E-state index contributed by atoms with van der Waals surface area (Å²) in [6.45, 7) is 4.18. The average Bonchev–Trinajstić information content (AvgIpc) is 3.16. The van der Waals surface area contributed by atoms with Crippen molar-refractivity contribution in [1.29, 1.82) is 0 Å². The summed E-state index contributed by atoms with van der Waals surface area (Å²) in [5, 5.41) is 5.31. The van der Waals surface area contributed by atoms with E-state index in [9.17, 15) is 8.42 Å². The zero-order valence-corrected chi connectivity index (χ0v) is 16.7. The van der Waals surface area contributed by atoms with Gasteiger partial charge in [-0.3, -0.25) is 9.98 Å². The Labute approximate surface area is 159 Å². The second kappa shape index (κ2) is 10.2. The first-order valence-corrected chi connectivity index (χ1v) is 10.8. The third-order valence-corrected chi connectivity index (χ3v) is 5.96. The van der Waals surface area contributed by atoms with Gasteiger partial charge in [0, 0.05) is 44.0 Å². The van der Waals surface area contributed by atoms with E-state index in [2.05, 4.69) is 36.4 Å². The Morgan fingerprint density at radius 3 is 2.85 bits per heavy atom. The van der Waals surface area contributed by atoms with Crippen molar-refractivity contribution in [2.75, 3.05) is 33.2 Å². The zero-order valence-electron chi connectivity index (χ0n) is 15.1. The van der Waals surface area contributed by atoms with Crippen molar-refractivity contribution in [3.05, 3.63) is 46.9 Å². The molecule has 0 aliphatic rings. The third-order valence-electron chi connectivity index (χ3n) is 3.58. The topological polar surface area (TPSA) is 86.7 Å². The van der Waals surface area contributed by atoms with Crippen molar-refractivity contribution in [2.24, 2.45) is 4.99 Å². The van der Waals surface area contributed by atoms with Crippen molar-refractivity contribution in [2.45, 2.75) is 18.2 Å². The number of nitrogens with one attached hydrogen (secondary N) is 2. The van der Waals surface area contributed by atoms with Crippen LogP contribution in [0, 0.1) is 0 Å². The number of aliphatic imine (C=N–C) groups is 1. The van der Waals surface area contributed by atoms with E-state index in [1.807, 2.05) is 20.0 Å². The van der Waals surface area contributed by atoms with Crippen molar-refractivity contribution in [3.8, 4) is 0 Å².